The highest BCUT2D eigenvalue weighted by atomic mass is 16.5. The summed E-state index contributed by atoms with van der Waals surface area (Å²) in [5.41, 5.74) is 0.416. The van der Waals surface area contributed by atoms with Crippen molar-refractivity contribution in [3.8, 4) is 17.2 Å². The summed E-state index contributed by atoms with van der Waals surface area (Å²) in [5.74, 6) is -0.722. The zero-order valence-electron chi connectivity index (χ0n) is 15.5. The van der Waals surface area contributed by atoms with Crippen LogP contribution in [-0.2, 0) is 9.59 Å². The van der Waals surface area contributed by atoms with Crippen LogP contribution in [0.2, 0.25) is 0 Å². The first-order valence-corrected chi connectivity index (χ1v) is 8.57. The standard InChI is InChI=1S/C21H18N2O6/c1-3-10-29-18-12-16(28-2)9-4-13(18)11-17-19(25)22-21(27)23(20(17)26)14-5-7-15(24)8-6-14/h3-9,11-12,24H,1,10H2,2H3,(H,22,25,27)/b17-11+. The quantitative estimate of drug-likeness (QED) is 0.443. The number of phenols is 1. The number of nitrogens with one attached hydrogen (secondary N) is 1. The number of nitrogens with zero attached hydrogens (tertiary/aromatic N) is 1. The van der Waals surface area contributed by atoms with Gasteiger partial charge in [-0.1, -0.05) is 12.7 Å². The van der Waals surface area contributed by atoms with Crippen molar-refractivity contribution < 1.29 is 29.0 Å². The van der Waals surface area contributed by atoms with Gasteiger partial charge in [0.05, 0.1) is 12.8 Å². The monoisotopic (exact) mass is 394 g/mol. The molecular weight excluding hydrogens is 376 g/mol. The number of phenolic OH excluding ortho intramolecular Hbond substituents is 1. The maximum atomic E-state index is 12.9. The first-order chi connectivity index (χ1) is 13.9. The molecule has 0 unspecified atom stereocenters. The average Bonchev–Trinajstić information content (AvgIpc) is 2.71. The lowest BCUT2D eigenvalue weighted by Gasteiger charge is -2.26. The molecule has 8 heteroatoms. The molecule has 1 aliphatic heterocycles. The van der Waals surface area contributed by atoms with Crippen LogP contribution in [0.4, 0.5) is 10.5 Å². The van der Waals surface area contributed by atoms with Crippen LogP contribution in [0.1, 0.15) is 5.56 Å². The number of hydrogen-bond donors (Lipinski definition) is 2. The molecule has 1 fully saturated rings. The van der Waals surface area contributed by atoms with Gasteiger partial charge >= 0.3 is 6.03 Å². The highest BCUT2D eigenvalue weighted by molar-refractivity contribution is 6.39. The van der Waals surface area contributed by atoms with Crippen LogP contribution < -0.4 is 19.7 Å². The number of benzene rings is 2. The van der Waals surface area contributed by atoms with Gasteiger partial charge in [-0.3, -0.25) is 14.9 Å². The third kappa shape index (κ3) is 4.11. The van der Waals surface area contributed by atoms with Crippen molar-refractivity contribution in [2.45, 2.75) is 0 Å². The average molecular weight is 394 g/mol. The maximum Gasteiger partial charge on any atom is 0.335 e. The Morgan fingerprint density at radius 3 is 2.52 bits per heavy atom. The van der Waals surface area contributed by atoms with Crippen molar-refractivity contribution in [1.29, 1.82) is 0 Å². The molecule has 2 aromatic rings. The van der Waals surface area contributed by atoms with Gasteiger partial charge in [-0.05, 0) is 42.5 Å². The molecule has 0 saturated carbocycles. The zero-order chi connectivity index (χ0) is 21.0. The number of aromatic hydroxyl groups is 1. The number of methoxy groups -OCH3 is 1. The summed E-state index contributed by atoms with van der Waals surface area (Å²) in [7, 11) is 1.50. The minimum atomic E-state index is -0.874. The second-order valence-electron chi connectivity index (χ2n) is 5.98. The van der Waals surface area contributed by atoms with Gasteiger partial charge < -0.3 is 14.6 Å². The Hall–Kier alpha value is -4.07. The summed E-state index contributed by atoms with van der Waals surface area (Å²) in [6.45, 7) is 3.80. The Labute approximate surface area is 166 Å². The van der Waals surface area contributed by atoms with E-state index in [0.29, 0.717) is 17.1 Å². The van der Waals surface area contributed by atoms with Gasteiger partial charge in [0.1, 0.15) is 29.4 Å². The van der Waals surface area contributed by atoms with Gasteiger partial charge in [0.2, 0.25) is 0 Å². The van der Waals surface area contributed by atoms with E-state index in [1.165, 1.54) is 37.5 Å². The van der Waals surface area contributed by atoms with Gasteiger partial charge in [-0.2, -0.15) is 0 Å². The second-order valence-corrected chi connectivity index (χ2v) is 5.98. The minimum Gasteiger partial charge on any atom is -0.508 e. The van der Waals surface area contributed by atoms with Gasteiger partial charge in [-0.15, -0.1) is 0 Å². The number of barbiturate groups is 1. The van der Waals surface area contributed by atoms with Crippen molar-refractivity contribution in [2.24, 2.45) is 0 Å². The van der Waals surface area contributed by atoms with Crippen molar-refractivity contribution in [3.63, 3.8) is 0 Å². The molecule has 8 nitrogen and oxygen atoms in total. The van der Waals surface area contributed by atoms with Gasteiger partial charge in [-0.25, -0.2) is 9.69 Å². The summed E-state index contributed by atoms with van der Waals surface area (Å²) in [4.78, 5) is 38.3. The predicted molar refractivity (Wildman–Crippen MR) is 106 cm³/mol. The van der Waals surface area contributed by atoms with E-state index in [2.05, 4.69) is 11.9 Å². The highest BCUT2D eigenvalue weighted by Crippen LogP contribution is 2.29. The molecule has 2 aromatic carbocycles. The number of urea groups is 1. The van der Waals surface area contributed by atoms with Crippen molar-refractivity contribution in [2.75, 3.05) is 18.6 Å². The Bertz CT molecular complexity index is 1010. The van der Waals surface area contributed by atoms with E-state index in [1.54, 1.807) is 24.3 Å². The third-order valence-electron chi connectivity index (χ3n) is 4.09. The lowest BCUT2D eigenvalue weighted by Crippen LogP contribution is -2.54. The number of hydrogen-bond acceptors (Lipinski definition) is 6. The minimum absolute atomic E-state index is 0.0206. The number of carbonyl (C=O) groups excluding carboxylic acids is 3. The predicted octanol–water partition coefficient (Wildman–Crippen LogP) is 2.63. The number of amides is 4. The summed E-state index contributed by atoms with van der Waals surface area (Å²) in [6.07, 6.45) is 2.90. The van der Waals surface area contributed by atoms with Gasteiger partial charge in [0, 0.05) is 11.6 Å². The Balaban J connectivity index is 2.02. The molecule has 1 heterocycles. The fourth-order valence-electron chi connectivity index (χ4n) is 2.68. The van der Waals surface area contributed by atoms with E-state index < -0.39 is 17.8 Å². The van der Waals surface area contributed by atoms with Gasteiger partial charge in [0.15, 0.2) is 0 Å². The maximum absolute atomic E-state index is 12.9. The molecule has 0 atom stereocenters. The van der Waals surface area contributed by atoms with Gasteiger partial charge in [0.25, 0.3) is 11.8 Å². The topological polar surface area (TPSA) is 105 Å². The lowest BCUT2D eigenvalue weighted by molar-refractivity contribution is -0.122. The largest absolute Gasteiger partial charge is 0.508 e. The molecule has 29 heavy (non-hydrogen) atoms. The molecule has 0 bridgehead atoms. The summed E-state index contributed by atoms with van der Waals surface area (Å²) in [6, 6.07) is 9.48. The van der Waals surface area contributed by atoms with Crippen LogP contribution in [0.15, 0.2) is 60.7 Å². The SMILES string of the molecule is C=CCOc1cc(OC)ccc1/C=C1\C(=O)NC(=O)N(c2ccc(O)cc2)C1=O. The van der Waals surface area contributed by atoms with E-state index in [0.717, 1.165) is 4.90 Å². The van der Waals surface area contributed by atoms with E-state index in [4.69, 9.17) is 9.47 Å². The molecule has 0 spiro atoms. The molecule has 0 aromatic heterocycles. The first kappa shape index (κ1) is 19.7. The molecule has 148 valence electrons. The fourth-order valence-corrected chi connectivity index (χ4v) is 2.68. The van der Waals surface area contributed by atoms with E-state index in [1.807, 2.05) is 0 Å². The number of imide groups is 2. The Morgan fingerprint density at radius 2 is 1.86 bits per heavy atom. The Kier molecular flexibility index (Phi) is 5.64. The third-order valence-corrected chi connectivity index (χ3v) is 4.09. The molecule has 1 saturated heterocycles. The molecule has 3 rings (SSSR count). The molecule has 2 N–H and O–H groups in total. The smallest absolute Gasteiger partial charge is 0.335 e. The second kappa shape index (κ2) is 8.30. The number of rotatable bonds is 6. The normalized spacial score (nSPS) is 15.3. The highest BCUT2D eigenvalue weighted by Gasteiger charge is 2.37. The molecule has 0 radical (unpaired) electrons. The van der Waals surface area contributed by atoms with Crippen LogP contribution in [0.25, 0.3) is 6.08 Å². The van der Waals surface area contributed by atoms with E-state index in [-0.39, 0.29) is 23.6 Å². The summed E-state index contributed by atoms with van der Waals surface area (Å²) in [5, 5.41) is 11.6. The summed E-state index contributed by atoms with van der Waals surface area (Å²) >= 11 is 0. The van der Waals surface area contributed by atoms with E-state index in [9.17, 15) is 19.5 Å². The Morgan fingerprint density at radius 1 is 1.14 bits per heavy atom. The fraction of sp³-hybridized carbons (Fsp3) is 0.0952. The zero-order valence-corrected chi connectivity index (χ0v) is 15.5. The lowest BCUT2D eigenvalue weighted by atomic mass is 10.1. The molecule has 4 amide bonds. The van der Waals surface area contributed by atoms with Crippen molar-refractivity contribution in [1.82, 2.24) is 5.32 Å². The molecular formula is C21H18N2O6. The van der Waals surface area contributed by atoms with Crippen LogP contribution >= 0.6 is 0 Å². The number of carbonyl (C=O) groups is 3. The van der Waals surface area contributed by atoms with Crippen LogP contribution in [0, 0.1) is 0 Å². The van der Waals surface area contributed by atoms with Crippen LogP contribution in [0.5, 0.6) is 17.2 Å². The first-order valence-electron chi connectivity index (χ1n) is 8.57. The van der Waals surface area contributed by atoms with Crippen molar-refractivity contribution >= 4 is 29.6 Å². The molecule has 1 aliphatic rings. The molecule has 0 aliphatic carbocycles. The van der Waals surface area contributed by atoms with Crippen molar-refractivity contribution in [3.05, 3.63) is 66.3 Å². The summed E-state index contributed by atoms with van der Waals surface area (Å²) < 4.78 is 10.8. The van der Waals surface area contributed by atoms with Crippen LogP contribution in [0.3, 0.4) is 0 Å². The van der Waals surface area contributed by atoms with Crippen LogP contribution in [-0.4, -0.2) is 36.7 Å². The number of anilines is 1. The van der Waals surface area contributed by atoms with E-state index >= 15 is 0 Å². The number of ether oxygens (including phenoxy) is 2.